The van der Waals surface area contributed by atoms with Crippen LogP contribution in [0.15, 0.2) is 47.0 Å². The third-order valence-corrected chi connectivity index (χ3v) is 8.23. The molecule has 2 fully saturated rings. The summed E-state index contributed by atoms with van der Waals surface area (Å²) in [5.41, 5.74) is 0.775. The van der Waals surface area contributed by atoms with Gasteiger partial charge in [-0.3, -0.25) is 14.5 Å². The lowest BCUT2D eigenvalue weighted by molar-refractivity contribution is -0.134. The number of benzene rings is 2. The molecule has 1 atom stereocenters. The van der Waals surface area contributed by atoms with Gasteiger partial charge in [0.15, 0.2) is 0 Å². The summed E-state index contributed by atoms with van der Waals surface area (Å²) in [5, 5.41) is 6.77. The second-order valence-corrected chi connectivity index (χ2v) is 11.3. The lowest BCUT2D eigenvalue weighted by Crippen LogP contribution is -2.54. The second kappa shape index (κ2) is 14.5. The van der Waals surface area contributed by atoms with Gasteiger partial charge in [0.1, 0.15) is 23.4 Å². The van der Waals surface area contributed by atoms with E-state index in [1.807, 2.05) is 0 Å². The molecule has 230 valence electrons. The Morgan fingerprint density at radius 2 is 1.79 bits per heavy atom. The minimum Gasteiger partial charge on any atom is -0.497 e. The van der Waals surface area contributed by atoms with Gasteiger partial charge in [0, 0.05) is 50.8 Å². The summed E-state index contributed by atoms with van der Waals surface area (Å²) in [6.45, 7) is 5.61. The Morgan fingerprint density at radius 1 is 1.07 bits per heavy atom. The number of nitrogens with zero attached hydrogens (tertiary/aromatic N) is 4. The molecule has 0 spiro atoms. The summed E-state index contributed by atoms with van der Waals surface area (Å²) in [5.74, 6) is 1.70. The first-order valence-corrected chi connectivity index (χ1v) is 15.1. The molecule has 2 aromatic carbocycles. The van der Waals surface area contributed by atoms with Crippen molar-refractivity contribution in [3.63, 3.8) is 0 Å². The van der Waals surface area contributed by atoms with Gasteiger partial charge >= 0.3 is 0 Å². The van der Waals surface area contributed by atoms with E-state index in [0.29, 0.717) is 54.1 Å². The van der Waals surface area contributed by atoms with Crippen LogP contribution >= 0.6 is 0 Å². The van der Waals surface area contributed by atoms with Crippen LogP contribution in [-0.4, -0.2) is 84.2 Å². The van der Waals surface area contributed by atoms with Gasteiger partial charge in [0.05, 0.1) is 19.3 Å². The van der Waals surface area contributed by atoms with Crippen molar-refractivity contribution >= 4 is 11.8 Å². The number of hydrogen-bond acceptors (Lipinski definition) is 8. The number of carbonyl (C=O) groups excluding carboxylic acids is 2. The van der Waals surface area contributed by atoms with Crippen molar-refractivity contribution in [2.75, 3.05) is 46.4 Å². The standard InChI is InChI=1S/C32H40FN5O5/c1-22(34-31(39)24-8-10-25(41-2)11-9-24)32(40)38-17-15-37(16-18-38)14-5-19-42-26-12-13-27(28(33)21-26)30-35-29(43-36-30)20-23-6-3-4-7-23/h8-13,21-23H,3-7,14-20H2,1-2H3,(H,34,39)/t22-/m1/s1. The molecule has 3 aromatic rings. The number of ether oxygens (including phenoxy) is 2. The Morgan fingerprint density at radius 3 is 2.49 bits per heavy atom. The largest absolute Gasteiger partial charge is 0.497 e. The Balaban J connectivity index is 0.998. The minimum absolute atomic E-state index is 0.0961. The van der Waals surface area contributed by atoms with E-state index in [2.05, 4.69) is 20.4 Å². The fraction of sp³-hybridized carbons (Fsp3) is 0.500. The van der Waals surface area contributed by atoms with E-state index in [0.717, 1.165) is 32.5 Å². The van der Waals surface area contributed by atoms with E-state index in [-0.39, 0.29) is 17.6 Å². The topological polar surface area (TPSA) is 110 Å². The van der Waals surface area contributed by atoms with Gasteiger partial charge in [-0.05, 0) is 68.5 Å². The van der Waals surface area contributed by atoms with Crippen molar-refractivity contribution < 1.29 is 28.0 Å². The molecule has 1 N–H and O–H groups in total. The van der Waals surface area contributed by atoms with Gasteiger partial charge in [-0.25, -0.2) is 4.39 Å². The van der Waals surface area contributed by atoms with Crippen molar-refractivity contribution in [1.29, 1.82) is 0 Å². The SMILES string of the molecule is COc1ccc(C(=O)N[C@H](C)C(=O)N2CCN(CCCOc3ccc(-c4noc(CC5CCCC5)n4)c(F)c3)CC2)cc1. The maximum Gasteiger partial charge on any atom is 0.251 e. The summed E-state index contributed by atoms with van der Waals surface area (Å²) in [6.07, 6.45) is 6.37. The molecule has 2 amide bonds. The maximum absolute atomic E-state index is 14.8. The second-order valence-electron chi connectivity index (χ2n) is 11.3. The number of methoxy groups -OCH3 is 1. The lowest BCUT2D eigenvalue weighted by Gasteiger charge is -2.36. The normalized spacial score (nSPS) is 16.7. The molecule has 0 radical (unpaired) electrons. The predicted octanol–water partition coefficient (Wildman–Crippen LogP) is 4.35. The molecule has 5 rings (SSSR count). The zero-order valence-electron chi connectivity index (χ0n) is 24.9. The summed E-state index contributed by atoms with van der Waals surface area (Å²) >= 11 is 0. The van der Waals surface area contributed by atoms with Crippen molar-refractivity contribution in [3.8, 4) is 22.9 Å². The Kier molecular flexibility index (Phi) is 10.2. The molecule has 1 saturated carbocycles. The smallest absolute Gasteiger partial charge is 0.251 e. The molecule has 2 aliphatic rings. The first kappa shape index (κ1) is 30.5. The van der Waals surface area contributed by atoms with E-state index in [4.69, 9.17) is 14.0 Å². The summed E-state index contributed by atoms with van der Waals surface area (Å²) in [7, 11) is 1.57. The highest BCUT2D eigenvalue weighted by Crippen LogP contribution is 2.29. The predicted molar refractivity (Wildman–Crippen MR) is 158 cm³/mol. The van der Waals surface area contributed by atoms with Crippen molar-refractivity contribution in [3.05, 3.63) is 59.7 Å². The van der Waals surface area contributed by atoms with E-state index < -0.39 is 11.9 Å². The van der Waals surface area contributed by atoms with Gasteiger partial charge < -0.3 is 24.2 Å². The number of amides is 2. The Hall–Kier alpha value is -3.99. The molecule has 10 nitrogen and oxygen atoms in total. The maximum atomic E-state index is 14.8. The van der Waals surface area contributed by atoms with Crippen molar-refractivity contribution in [2.45, 2.75) is 51.5 Å². The van der Waals surface area contributed by atoms with Crippen LogP contribution in [0.3, 0.4) is 0 Å². The summed E-state index contributed by atoms with van der Waals surface area (Å²) in [6, 6.07) is 10.9. The molecular formula is C32H40FN5O5. The van der Waals surface area contributed by atoms with Crippen LogP contribution in [0.4, 0.5) is 4.39 Å². The summed E-state index contributed by atoms with van der Waals surface area (Å²) < 4.78 is 31.1. The van der Waals surface area contributed by atoms with Crippen LogP contribution in [0.2, 0.25) is 0 Å². The quantitative estimate of drug-likeness (QED) is 0.309. The molecule has 1 aromatic heterocycles. The van der Waals surface area contributed by atoms with E-state index in [1.165, 1.54) is 31.7 Å². The third-order valence-electron chi connectivity index (χ3n) is 8.23. The zero-order chi connectivity index (χ0) is 30.2. The van der Waals surface area contributed by atoms with Crippen LogP contribution in [-0.2, 0) is 11.2 Å². The third kappa shape index (κ3) is 8.10. The highest BCUT2D eigenvalue weighted by molar-refractivity contribution is 5.97. The van der Waals surface area contributed by atoms with Crippen LogP contribution in [0, 0.1) is 11.7 Å². The molecule has 43 heavy (non-hydrogen) atoms. The number of rotatable bonds is 12. The van der Waals surface area contributed by atoms with Gasteiger partial charge in [-0.1, -0.05) is 18.0 Å². The number of carbonyl (C=O) groups is 2. The number of hydrogen-bond donors (Lipinski definition) is 1. The van der Waals surface area contributed by atoms with Gasteiger partial charge in [0.2, 0.25) is 17.6 Å². The van der Waals surface area contributed by atoms with Crippen LogP contribution in [0.25, 0.3) is 11.4 Å². The number of piperazine rings is 1. The Bertz CT molecular complexity index is 1370. The number of nitrogens with one attached hydrogen (secondary N) is 1. The van der Waals surface area contributed by atoms with E-state index in [1.54, 1.807) is 55.3 Å². The highest BCUT2D eigenvalue weighted by Gasteiger charge is 2.26. The number of halogens is 1. The molecule has 0 bridgehead atoms. The fourth-order valence-corrected chi connectivity index (χ4v) is 5.70. The summed E-state index contributed by atoms with van der Waals surface area (Å²) in [4.78, 5) is 33.9. The monoisotopic (exact) mass is 593 g/mol. The Labute approximate surface area is 251 Å². The molecule has 2 heterocycles. The van der Waals surface area contributed by atoms with E-state index >= 15 is 0 Å². The molecular weight excluding hydrogens is 553 g/mol. The molecule has 1 aliphatic carbocycles. The van der Waals surface area contributed by atoms with E-state index in [9.17, 15) is 14.0 Å². The van der Waals surface area contributed by atoms with Gasteiger partial charge in [-0.15, -0.1) is 0 Å². The van der Waals surface area contributed by atoms with Gasteiger partial charge in [-0.2, -0.15) is 4.98 Å². The molecule has 1 aliphatic heterocycles. The highest BCUT2D eigenvalue weighted by atomic mass is 19.1. The first-order valence-electron chi connectivity index (χ1n) is 15.1. The average Bonchev–Trinajstić information content (AvgIpc) is 3.72. The number of aromatic nitrogens is 2. The van der Waals surface area contributed by atoms with Crippen molar-refractivity contribution in [1.82, 2.24) is 25.3 Å². The van der Waals surface area contributed by atoms with Crippen LogP contribution in [0.5, 0.6) is 11.5 Å². The molecule has 0 unspecified atom stereocenters. The average molecular weight is 594 g/mol. The first-order chi connectivity index (χ1) is 20.9. The zero-order valence-corrected chi connectivity index (χ0v) is 24.9. The minimum atomic E-state index is -0.625. The van der Waals surface area contributed by atoms with Crippen molar-refractivity contribution in [2.24, 2.45) is 5.92 Å². The van der Waals surface area contributed by atoms with Gasteiger partial charge in [0.25, 0.3) is 5.91 Å². The lowest BCUT2D eigenvalue weighted by atomic mass is 10.0. The fourth-order valence-electron chi connectivity index (χ4n) is 5.70. The molecule has 1 saturated heterocycles. The van der Waals surface area contributed by atoms with Crippen LogP contribution in [0.1, 0.15) is 55.3 Å². The molecule has 11 heteroatoms. The van der Waals surface area contributed by atoms with Crippen LogP contribution < -0.4 is 14.8 Å².